The lowest BCUT2D eigenvalue weighted by atomic mass is 9.91. The predicted molar refractivity (Wildman–Crippen MR) is 201 cm³/mol. The standard InChI is InChI=1S/C42H52O4S/c1-9-13-15-32(11-3)45-34-25-31-23-27(5)17-20-35(31)37(26-34)39-36-21-18-30(42-41(44-8)40(43-7)28(6)47-42)24-29(36)19-22-38(39)46-33(12-4)16-14-10-2/h17-26,32-33H,9-16H2,1-8H3. The Balaban J connectivity index is 1.74. The zero-order valence-electron chi connectivity index (χ0n) is 29.6. The number of unbranched alkanes of at least 4 members (excludes halogenated alkanes) is 2. The van der Waals surface area contributed by atoms with E-state index in [0.29, 0.717) is 0 Å². The number of benzene rings is 4. The third-order valence-corrected chi connectivity index (χ3v) is 10.4. The lowest BCUT2D eigenvalue weighted by molar-refractivity contribution is 0.183. The number of thiophene rings is 1. The highest BCUT2D eigenvalue weighted by Crippen LogP contribution is 2.49. The third kappa shape index (κ3) is 7.56. The summed E-state index contributed by atoms with van der Waals surface area (Å²) in [4.78, 5) is 2.18. The number of fused-ring (bicyclic) bond motifs is 2. The van der Waals surface area contributed by atoms with Crippen LogP contribution in [0, 0.1) is 13.8 Å². The molecular formula is C42H52O4S. The monoisotopic (exact) mass is 652 g/mol. The molecule has 0 aliphatic rings. The van der Waals surface area contributed by atoms with E-state index in [1.54, 1.807) is 25.6 Å². The molecule has 5 aromatic rings. The molecule has 0 amide bonds. The van der Waals surface area contributed by atoms with Crippen LogP contribution >= 0.6 is 11.3 Å². The summed E-state index contributed by atoms with van der Waals surface area (Å²) in [6, 6.07) is 22.3. The number of rotatable bonds is 16. The fourth-order valence-electron chi connectivity index (χ4n) is 6.61. The summed E-state index contributed by atoms with van der Waals surface area (Å²) < 4.78 is 25.2. The second-order valence-corrected chi connectivity index (χ2v) is 13.9. The highest BCUT2D eigenvalue weighted by Gasteiger charge is 2.22. The Morgan fingerprint density at radius 2 is 1.34 bits per heavy atom. The molecule has 0 aliphatic carbocycles. The van der Waals surface area contributed by atoms with Crippen molar-refractivity contribution in [3.63, 3.8) is 0 Å². The van der Waals surface area contributed by atoms with E-state index in [9.17, 15) is 0 Å². The van der Waals surface area contributed by atoms with Gasteiger partial charge >= 0.3 is 0 Å². The van der Waals surface area contributed by atoms with Crippen LogP contribution in [0.4, 0.5) is 0 Å². The summed E-state index contributed by atoms with van der Waals surface area (Å²) in [5, 5.41) is 4.70. The Morgan fingerprint density at radius 1 is 0.660 bits per heavy atom. The minimum absolute atomic E-state index is 0.155. The van der Waals surface area contributed by atoms with Crippen LogP contribution in [0.3, 0.4) is 0 Å². The highest BCUT2D eigenvalue weighted by molar-refractivity contribution is 7.16. The van der Waals surface area contributed by atoms with E-state index in [4.69, 9.17) is 18.9 Å². The first kappa shape index (κ1) is 34.6. The molecule has 2 unspecified atom stereocenters. The summed E-state index contributed by atoms with van der Waals surface area (Å²) in [5.41, 5.74) is 4.61. The molecule has 0 N–H and O–H groups in total. The molecule has 5 heteroatoms. The van der Waals surface area contributed by atoms with E-state index < -0.39 is 0 Å². The summed E-state index contributed by atoms with van der Waals surface area (Å²) in [6.45, 7) is 13.2. The van der Waals surface area contributed by atoms with Gasteiger partial charge < -0.3 is 18.9 Å². The van der Waals surface area contributed by atoms with Crippen molar-refractivity contribution in [1.82, 2.24) is 0 Å². The van der Waals surface area contributed by atoms with Gasteiger partial charge in [-0.3, -0.25) is 0 Å². The SMILES string of the molecule is CCCCC(CC)Oc1cc(-c2c(OC(CC)CCCC)ccc3cc(-c4sc(C)c(OC)c4OC)ccc23)c2ccc(C)cc2c1. The van der Waals surface area contributed by atoms with Crippen LogP contribution in [0.2, 0.25) is 0 Å². The highest BCUT2D eigenvalue weighted by atomic mass is 32.1. The first-order valence-corrected chi connectivity index (χ1v) is 18.3. The molecule has 0 spiro atoms. The van der Waals surface area contributed by atoms with Gasteiger partial charge in [0.15, 0.2) is 11.5 Å². The normalized spacial score (nSPS) is 12.8. The van der Waals surface area contributed by atoms with Crippen LogP contribution < -0.4 is 18.9 Å². The molecule has 4 nitrogen and oxygen atoms in total. The largest absolute Gasteiger partial charge is 0.492 e. The Hall–Kier alpha value is -3.70. The van der Waals surface area contributed by atoms with Crippen molar-refractivity contribution >= 4 is 32.9 Å². The topological polar surface area (TPSA) is 36.9 Å². The lowest BCUT2D eigenvalue weighted by Gasteiger charge is -2.23. The lowest BCUT2D eigenvalue weighted by Crippen LogP contribution is -2.16. The molecule has 250 valence electrons. The van der Waals surface area contributed by atoms with Gasteiger partial charge in [-0.05, 0) is 96.5 Å². The van der Waals surface area contributed by atoms with Gasteiger partial charge in [-0.15, -0.1) is 11.3 Å². The van der Waals surface area contributed by atoms with Gasteiger partial charge in [-0.25, -0.2) is 0 Å². The van der Waals surface area contributed by atoms with Gasteiger partial charge in [0.05, 0.1) is 31.3 Å². The van der Waals surface area contributed by atoms with Crippen molar-refractivity contribution in [2.24, 2.45) is 0 Å². The second kappa shape index (κ2) is 15.9. The van der Waals surface area contributed by atoms with E-state index in [-0.39, 0.29) is 12.2 Å². The van der Waals surface area contributed by atoms with Gasteiger partial charge in [0, 0.05) is 10.4 Å². The van der Waals surface area contributed by atoms with Crippen molar-refractivity contribution < 1.29 is 18.9 Å². The van der Waals surface area contributed by atoms with E-state index >= 15 is 0 Å². The quantitative estimate of drug-likeness (QED) is 0.106. The molecular weight excluding hydrogens is 601 g/mol. The molecule has 5 rings (SSSR count). The third-order valence-electron chi connectivity index (χ3n) is 9.26. The Morgan fingerprint density at radius 3 is 2.00 bits per heavy atom. The van der Waals surface area contributed by atoms with Gasteiger partial charge in [0.1, 0.15) is 11.5 Å². The summed E-state index contributed by atoms with van der Waals surface area (Å²) in [6.07, 6.45) is 9.04. The first-order valence-electron chi connectivity index (χ1n) is 17.5. The van der Waals surface area contributed by atoms with Crippen molar-refractivity contribution in [2.45, 2.75) is 105 Å². The number of hydrogen-bond donors (Lipinski definition) is 0. The van der Waals surface area contributed by atoms with Crippen molar-refractivity contribution in [3.05, 3.63) is 71.1 Å². The maximum atomic E-state index is 6.94. The average Bonchev–Trinajstić information content (AvgIpc) is 3.42. The molecule has 0 radical (unpaired) electrons. The summed E-state index contributed by atoms with van der Waals surface area (Å²) in [5.74, 6) is 3.44. The van der Waals surface area contributed by atoms with Crippen molar-refractivity contribution in [3.8, 4) is 44.6 Å². The molecule has 47 heavy (non-hydrogen) atoms. The number of ether oxygens (including phenoxy) is 4. The van der Waals surface area contributed by atoms with Crippen LogP contribution in [-0.4, -0.2) is 26.4 Å². The zero-order valence-corrected chi connectivity index (χ0v) is 30.4. The summed E-state index contributed by atoms with van der Waals surface area (Å²) >= 11 is 1.70. The van der Waals surface area contributed by atoms with Crippen LogP contribution in [0.1, 0.15) is 89.5 Å². The molecule has 0 saturated carbocycles. The molecule has 0 aliphatic heterocycles. The first-order chi connectivity index (χ1) is 22.8. The van der Waals surface area contributed by atoms with E-state index in [0.717, 1.165) is 105 Å². The van der Waals surface area contributed by atoms with Gasteiger partial charge in [-0.1, -0.05) is 95.3 Å². The molecule has 1 heterocycles. The van der Waals surface area contributed by atoms with E-state index in [2.05, 4.69) is 102 Å². The van der Waals surface area contributed by atoms with E-state index in [1.165, 1.54) is 22.8 Å². The van der Waals surface area contributed by atoms with Crippen molar-refractivity contribution in [1.29, 1.82) is 0 Å². The molecule has 0 bridgehead atoms. The van der Waals surface area contributed by atoms with Crippen molar-refractivity contribution in [2.75, 3.05) is 14.2 Å². The molecule has 1 aromatic heterocycles. The Kier molecular flexibility index (Phi) is 11.7. The van der Waals surface area contributed by atoms with Gasteiger partial charge in [-0.2, -0.15) is 0 Å². The second-order valence-electron chi connectivity index (χ2n) is 12.7. The number of aryl methyl sites for hydroxylation is 2. The van der Waals surface area contributed by atoms with Crippen LogP contribution in [0.25, 0.3) is 43.1 Å². The maximum Gasteiger partial charge on any atom is 0.179 e. The minimum atomic E-state index is 0.155. The van der Waals surface area contributed by atoms with E-state index in [1.807, 2.05) is 0 Å². The maximum absolute atomic E-state index is 6.94. The van der Waals surface area contributed by atoms with Crippen LogP contribution in [-0.2, 0) is 0 Å². The van der Waals surface area contributed by atoms with Gasteiger partial charge in [0.25, 0.3) is 0 Å². The Labute approximate surface area is 286 Å². The van der Waals surface area contributed by atoms with Crippen LogP contribution in [0.15, 0.2) is 60.7 Å². The minimum Gasteiger partial charge on any atom is -0.492 e. The average molecular weight is 653 g/mol. The smallest absolute Gasteiger partial charge is 0.179 e. The molecule has 0 fully saturated rings. The Bertz CT molecular complexity index is 1800. The summed E-state index contributed by atoms with van der Waals surface area (Å²) in [7, 11) is 3.42. The fourth-order valence-corrected chi connectivity index (χ4v) is 7.70. The number of methoxy groups -OCH3 is 2. The van der Waals surface area contributed by atoms with Crippen LogP contribution in [0.5, 0.6) is 23.0 Å². The molecule has 0 saturated heterocycles. The molecule has 2 atom stereocenters. The van der Waals surface area contributed by atoms with Gasteiger partial charge in [0.2, 0.25) is 0 Å². The number of hydrogen-bond acceptors (Lipinski definition) is 5. The zero-order chi connectivity index (χ0) is 33.5. The fraction of sp³-hybridized carbons (Fsp3) is 0.429. The molecule has 4 aromatic carbocycles. The predicted octanol–water partition coefficient (Wildman–Crippen LogP) is 12.7.